The number of nitrogens with zero attached hydrogens (tertiary/aromatic N) is 1. The Morgan fingerprint density at radius 3 is 2.59 bits per heavy atom. The SMILES string of the molecule is O=C(Nc1cccc(F)c1)Nc1ccc(Oc2ccnc3[nH]c(=O)[nH]c23)c2ccccc12. The topological polar surface area (TPSA) is 112 Å². The predicted octanol–water partition coefficient (Wildman–Crippen LogP) is 4.98. The van der Waals surface area contributed by atoms with Gasteiger partial charge in [0.25, 0.3) is 0 Å². The van der Waals surface area contributed by atoms with Crippen molar-refractivity contribution in [2.24, 2.45) is 0 Å². The minimum absolute atomic E-state index is 0.342. The van der Waals surface area contributed by atoms with E-state index in [0.29, 0.717) is 34.0 Å². The van der Waals surface area contributed by atoms with E-state index >= 15 is 0 Å². The van der Waals surface area contributed by atoms with Crippen molar-refractivity contribution < 1.29 is 13.9 Å². The van der Waals surface area contributed by atoms with Crippen molar-refractivity contribution in [1.82, 2.24) is 15.0 Å². The predicted molar refractivity (Wildman–Crippen MR) is 120 cm³/mol. The standard InChI is InChI=1S/C23H16FN5O3/c24-13-4-3-5-14(12-13)26-22(30)27-17-8-9-18(16-7-2-1-6-15(16)17)32-19-10-11-25-21-20(19)28-23(31)29-21/h1-12H,(H2,26,27,30)(H2,25,28,29,31). The molecule has 8 nitrogen and oxygen atoms in total. The molecule has 4 N–H and O–H groups in total. The third-order valence-electron chi connectivity index (χ3n) is 4.82. The number of hydrogen-bond acceptors (Lipinski definition) is 4. The fourth-order valence-corrected chi connectivity index (χ4v) is 3.44. The van der Waals surface area contributed by atoms with Crippen LogP contribution in [0.5, 0.6) is 11.5 Å². The number of halogens is 1. The zero-order chi connectivity index (χ0) is 22.1. The van der Waals surface area contributed by atoms with Crippen LogP contribution in [0.3, 0.4) is 0 Å². The Bertz CT molecular complexity index is 1530. The normalized spacial score (nSPS) is 10.9. The Morgan fingerprint density at radius 2 is 1.75 bits per heavy atom. The molecule has 0 spiro atoms. The molecule has 2 aromatic heterocycles. The highest BCUT2D eigenvalue weighted by atomic mass is 19.1. The number of nitrogens with one attached hydrogen (secondary N) is 4. The number of ether oxygens (including phenoxy) is 1. The number of aromatic nitrogens is 3. The van der Waals surface area contributed by atoms with Gasteiger partial charge in [-0.3, -0.25) is 4.98 Å². The summed E-state index contributed by atoms with van der Waals surface area (Å²) in [5, 5.41) is 6.89. The van der Waals surface area contributed by atoms with Gasteiger partial charge in [-0.05, 0) is 30.3 Å². The van der Waals surface area contributed by atoms with Gasteiger partial charge in [0.2, 0.25) is 0 Å². The van der Waals surface area contributed by atoms with E-state index in [1.165, 1.54) is 24.4 Å². The average Bonchev–Trinajstić information content (AvgIpc) is 3.16. The van der Waals surface area contributed by atoms with Crippen LogP contribution in [0.4, 0.5) is 20.6 Å². The smallest absolute Gasteiger partial charge is 0.325 e. The number of H-pyrrole nitrogens is 2. The van der Waals surface area contributed by atoms with Gasteiger partial charge in [-0.15, -0.1) is 0 Å². The van der Waals surface area contributed by atoms with E-state index in [4.69, 9.17) is 4.74 Å². The third-order valence-corrected chi connectivity index (χ3v) is 4.82. The van der Waals surface area contributed by atoms with Gasteiger partial charge in [0.15, 0.2) is 11.4 Å². The van der Waals surface area contributed by atoms with Gasteiger partial charge >= 0.3 is 11.7 Å². The molecular weight excluding hydrogens is 413 g/mol. The van der Waals surface area contributed by atoms with Crippen molar-refractivity contribution in [2.75, 3.05) is 10.6 Å². The number of urea groups is 1. The number of amides is 2. The number of fused-ring (bicyclic) bond motifs is 2. The van der Waals surface area contributed by atoms with Gasteiger partial charge in [-0.2, -0.15) is 0 Å². The van der Waals surface area contributed by atoms with Crippen molar-refractivity contribution >= 4 is 39.3 Å². The van der Waals surface area contributed by atoms with Crippen LogP contribution in [-0.2, 0) is 0 Å². The third kappa shape index (κ3) is 3.74. The number of anilines is 2. The summed E-state index contributed by atoms with van der Waals surface area (Å²) in [6.45, 7) is 0. The molecule has 0 aliphatic rings. The van der Waals surface area contributed by atoms with Crippen molar-refractivity contribution in [3.05, 3.63) is 89.2 Å². The molecule has 158 valence electrons. The molecule has 32 heavy (non-hydrogen) atoms. The molecule has 9 heteroatoms. The Morgan fingerprint density at radius 1 is 0.906 bits per heavy atom. The maximum atomic E-state index is 13.4. The minimum atomic E-state index is -0.504. The summed E-state index contributed by atoms with van der Waals surface area (Å²) in [5.41, 5.74) is 1.37. The van der Waals surface area contributed by atoms with E-state index in [0.717, 1.165) is 10.8 Å². The molecule has 2 amide bonds. The molecule has 0 unspecified atom stereocenters. The molecule has 0 radical (unpaired) electrons. The first-order valence-electron chi connectivity index (χ1n) is 9.67. The molecule has 0 atom stereocenters. The molecule has 0 saturated carbocycles. The minimum Gasteiger partial charge on any atom is -0.454 e. The molecule has 0 aliphatic carbocycles. The van der Waals surface area contributed by atoms with E-state index in [1.54, 1.807) is 24.3 Å². The first-order chi connectivity index (χ1) is 15.6. The van der Waals surface area contributed by atoms with Gasteiger partial charge < -0.3 is 20.4 Å². The summed E-state index contributed by atoms with van der Waals surface area (Å²) in [4.78, 5) is 33.4. The van der Waals surface area contributed by atoms with Crippen molar-refractivity contribution in [3.8, 4) is 11.5 Å². The zero-order valence-corrected chi connectivity index (χ0v) is 16.5. The van der Waals surface area contributed by atoms with Gasteiger partial charge in [-0.25, -0.2) is 19.0 Å². The molecule has 0 bridgehead atoms. The lowest BCUT2D eigenvalue weighted by atomic mass is 10.1. The van der Waals surface area contributed by atoms with Crippen LogP contribution in [0.25, 0.3) is 21.9 Å². The highest BCUT2D eigenvalue weighted by Crippen LogP contribution is 2.35. The fraction of sp³-hybridized carbons (Fsp3) is 0. The molecule has 5 rings (SSSR count). The Balaban J connectivity index is 1.46. The summed E-state index contributed by atoms with van der Waals surface area (Å²) in [6.07, 6.45) is 1.54. The number of carbonyl (C=O) groups is 1. The number of rotatable bonds is 4. The quantitative estimate of drug-likeness (QED) is 0.323. The fourth-order valence-electron chi connectivity index (χ4n) is 3.44. The van der Waals surface area contributed by atoms with E-state index in [2.05, 4.69) is 25.6 Å². The molecule has 5 aromatic rings. The van der Waals surface area contributed by atoms with Crippen molar-refractivity contribution in [2.45, 2.75) is 0 Å². The lowest BCUT2D eigenvalue weighted by Gasteiger charge is -2.14. The molecule has 2 heterocycles. The maximum absolute atomic E-state index is 13.4. The molecule has 0 fully saturated rings. The molecular formula is C23H16FN5O3. The average molecular weight is 429 g/mol. The van der Waals surface area contributed by atoms with Crippen LogP contribution in [0, 0.1) is 5.82 Å². The second-order valence-corrected chi connectivity index (χ2v) is 6.96. The first-order valence-corrected chi connectivity index (χ1v) is 9.67. The van der Waals surface area contributed by atoms with E-state index in [9.17, 15) is 14.0 Å². The summed E-state index contributed by atoms with van der Waals surface area (Å²) >= 11 is 0. The second kappa shape index (κ2) is 7.88. The van der Waals surface area contributed by atoms with Gasteiger partial charge in [0, 0.05) is 28.7 Å². The largest absolute Gasteiger partial charge is 0.454 e. The number of imidazole rings is 1. The summed E-state index contributed by atoms with van der Waals surface area (Å²) in [6, 6.07) is 17.6. The van der Waals surface area contributed by atoms with Gasteiger partial charge in [0.1, 0.15) is 17.1 Å². The van der Waals surface area contributed by atoms with E-state index < -0.39 is 11.8 Å². The van der Waals surface area contributed by atoms with Crippen LogP contribution in [0.2, 0.25) is 0 Å². The van der Waals surface area contributed by atoms with Crippen LogP contribution < -0.4 is 21.1 Å². The van der Waals surface area contributed by atoms with Crippen LogP contribution in [-0.4, -0.2) is 21.0 Å². The number of carbonyl (C=O) groups excluding carboxylic acids is 1. The molecule has 0 saturated heterocycles. The lowest BCUT2D eigenvalue weighted by Crippen LogP contribution is -2.19. The first kappa shape index (κ1) is 19.3. The Kier molecular flexibility index (Phi) is 4.75. The van der Waals surface area contributed by atoms with E-state index in [1.807, 2.05) is 24.3 Å². The number of pyridine rings is 1. The van der Waals surface area contributed by atoms with Crippen LogP contribution in [0.15, 0.2) is 77.7 Å². The van der Waals surface area contributed by atoms with Crippen molar-refractivity contribution in [1.29, 1.82) is 0 Å². The monoisotopic (exact) mass is 429 g/mol. The number of benzene rings is 3. The number of hydrogen-bond donors (Lipinski definition) is 4. The Labute approximate surface area is 180 Å². The van der Waals surface area contributed by atoms with Crippen molar-refractivity contribution in [3.63, 3.8) is 0 Å². The maximum Gasteiger partial charge on any atom is 0.325 e. The molecule has 0 aliphatic heterocycles. The molecule has 3 aromatic carbocycles. The lowest BCUT2D eigenvalue weighted by molar-refractivity contribution is 0.262. The van der Waals surface area contributed by atoms with Gasteiger partial charge in [-0.1, -0.05) is 30.3 Å². The number of aromatic amines is 2. The van der Waals surface area contributed by atoms with E-state index in [-0.39, 0.29) is 5.69 Å². The van der Waals surface area contributed by atoms with Crippen LogP contribution in [0.1, 0.15) is 0 Å². The highest BCUT2D eigenvalue weighted by Gasteiger charge is 2.13. The summed E-state index contributed by atoms with van der Waals surface area (Å²) < 4.78 is 19.5. The zero-order valence-electron chi connectivity index (χ0n) is 16.5. The Hall–Kier alpha value is -4.66. The summed E-state index contributed by atoms with van der Waals surface area (Å²) in [7, 11) is 0. The second-order valence-electron chi connectivity index (χ2n) is 6.96. The van der Waals surface area contributed by atoms with Crippen LogP contribution >= 0.6 is 0 Å². The summed E-state index contributed by atoms with van der Waals surface area (Å²) in [5.74, 6) is 0.526. The highest BCUT2D eigenvalue weighted by molar-refractivity contribution is 6.07. The van der Waals surface area contributed by atoms with Gasteiger partial charge in [0.05, 0.1) is 5.69 Å².